The summed E-state index contributed by atoms with van der Waals surface area (Å²) in [5.74, 6) is -1.81. The molecule has 1 aromatic carbocycles. The van der Waals surface area contributed by atoms with Gasteiger partial charge in [0.15, 0.2) is 6.10 Å². The van der Waals surface area contributed by atoms with E-state index in [-0.39, 0.29) is 5.56 Å². The Morgan fingerprint density at radius 3 is 2.65 bits per heavy atom. The van der Waals surface area contributed by atoms with Crippen LogP contribution < -0.4 is 15.7 Å². The Morgan fingerprint density at radius 2 is 1.94 bits per heavy atom. The lowest BCUT2D eigenvalue weighted by Crippen LogP contribution is -2.30. The maximum absolute atomic E-state index is 12.9. The molecule has 4 rings (SSSR count). The summed E-state index contributed by atoms with van der Waals surface area (Å²) in [6.45, 7) is 3.36. The van der Waals surface area contributed by atoms with E-state index in [1.54, 1.807) is 32.0 Å². The molecule has 2 heterocycles. The largest absolute Gasteiger partial charge is 0.481 e. The van der Waals surface area contributed by atoms with Gasteiger partial charge in [0.1, 0.15) is 16.3 Å². The van der Waals surface area contributed by atoms with Crippen molar-refractivity contribution in [3.63, 3.8) is 0 Å². The first kappa shape index (κ1) is 23.5. The van der Waals surface area contributed by atoms with Gasteiger partial charge in [0.2, 0.25) is 0 Å². The molecular formula is C24H23NO8S. The molecule has 2 aromatic heterocycles. The fraction of sp³-hybridized carbons (Fsp3) is 0.333. The molecule has 9 nitrogen and oxygen atoms in total. The monoisotopic (exact) mass is 485 g/mol. The SMILES string of the molecule is COC(=O)c1c(NC(=O)[C@@H](C)Oc2ccc3c(C)cc(=O)oc3c2)sc2c1[C@@H](C(=O)OC)CC2. The van der Waals surface area contributed by atoms with Gasteiger partial charge in [-0.25, -0.2) is 9.59 Å². The van der Waals surface area contributed by atoms with E-state index >= 15 is 0 Å². The topological polar surface area (TPSA) is 121 Å². The van der Waals surface area contributed by atoms with Crippen molar-refractivity contribution in [1.29, 1.82) is 0 Å². The number of rotatable bonds is 6. The second kappa shape index (κ2) is 9.30. The average Bonchev–Trinajstić information content (AvgIpc) is 3.36. The lowest BCUT2D eigenvalue weighted by molar-refractivity contribution is -0.142. The standard InChI is InChI=1S/C24H23NO8S/c1-11-9-18(26)33-16-10-13(5-6-14(11)16)32-12(2)21(27)25-22-20(24(29)31-4)19-15(23(28)30-3)7-8-17(19)34-22/h5-6,9-10,12,15H,7-8H2,1-4H3,(H,25,27)/t12-,15+/m1/s1. The molecule has 0 aliphatic heterocycles. The Hall–Kier alpha value is -3.66. The van der Waals surface area contributed by atoms with Crippen molar-refractivity contribution in [3.8, 4) is 5.75 Å². The summed E-state index contributed by atoms with van der Waals surface area (Å²) in [4.78, 5) is 50.2. The van der Waals surface area contributed by atoms with Gasteiger partial charge < -0.3 is 23.9 Å². The minimum atomic E-state index is -0.937. The van der Waals surface area contributed by atoms with Gasteiger partial charge in [0.25, 0.3) is 5.91 Å². The second-order valence-electron chi connectivity index (χ2n) is 7.90. The molecular weight excluding hydrogens is 462 g/mol. The van der Waals surface area contributed by atoms with Crippen LogP contribution in [0.25, 0.3) is 11.0 Å². The summed E-state index contributed by atoms with van der Waals surface area (Å²) in [7, 11) is 2.54. The third-order valence-electron chi connectivity index (χ3n) is 5.75. The highest BCUT2D eigenvalue weighted by atomic mass is 32.1. The maximum atomic E-state index is 12.9. The minimum Gasteiger partial charge on any atom is -0.481 e. The number of carbonyl (C=O) groups is 3. The Kier molecular flexibility index (Phi) is 6.43. The van der Waals surface area contributed by atoms with Crippen molar-refractivity contribution in [2.75, 3.05) is 19.5 Å². The van der Waals surface area contributed by atoms with E-state index < -0.39 is 35.5 Å². The number of hydrogen-bond donors (Lipinski definition) is 1. The molecule has 3 aromatic rings. The molecule has 0 bridgehead atoms. The highest BCUT2D eigenvalue weighted by Gasteiger charge is 2.38. The van der Waals surface area contributed by atoms with Gasteiger partial charge in [-0.3, -0.25) is 9.59 Å². The third kappa shape index (κ3) is 4.28. The minimum absolute atomic E-state index is 0.166. The van der Waals surface area contributed by atoms with Crippen LogP contribution in [0.15, 0.2) is 33.5 Å². The number of amides is 1. The van der Waals surface area contributed by atoms with E-state index in [4.69, 9.17) is 18.6 Å². The van der Waals surface area contributed by atoms with Gasteiger partial charge in [-0.05, 0) is 49.9 Å². The van der Waals surface area contributed by atoms with Crippen LogP contribution >= 0.6 is 11.3 Å². The average molecular weight is 486 g/mol. The predicted molar refractivity (Wildman–Crippen MR) is 125 cm³/mol. The number of carbonyl (C=O) groups excluding carboxylic acids is 3. The number of anilines is 1. The van der Waals surface area contributed by atoms with Gasteiger partial charge in [-0.1, -0.05) is 0 Å². The smallest absolute Gasteiger partial charge is 0.341 e. The Morgan fingerprint density at radius 1 is 1.18 bits per heavy atom. The van der Waals surface area contributed by atoms with Crippen molar-refractivity contribution >= 4 is 45.2 Å². The zero-order valence-electron chi connectivity index (χ0n) is 19.1. The lowest BCUT2D eigenvalue weighted by Gasteiger charge is -2.16. The zero-order chi connectivity index (χ0) is 24.6. The Labute approximate surface area is 198 Å². The summed E-state index contributed by atoms with van der Waals surface area (Å²) in [6.07, 6.45) is 0.184. The highest BCUT2D eigenvalue weighted by molar-refractivity contribution is 7.17. The summed E-state index contributed by atoms with van der Waals surface area (Å²) in [6, 6.07) is 6.38. The predicted octanol–water partition coefficient (Wildman–Crippen LogP) is 3.56. The molecule has 1 N–H and O–H groups in total. The first-order valence-corrected chi connectivity index (χ1v) is 11.4. The van der Waals surface area contributed by atoms with E-state index in [9.17, 15) is 19.2 Å². The highest BCUT2D eigenvalue weighted by Crippen LogP contribution is 2.46. The zero-order valence-corrected chi connectivity index (χ0v) is 19.9. The molecule has 1 aliphatic carbocycles. The van der Waals surface area contributed by atoms with E-state index in [1.165, 1.54) is 31.6 Å². The molecule has 0 saturated heterocycles. The fourth-order valence-electron chi connectivity index (χ4n) is 4.09. The number of ether oxygens (including phenoxy) is 3. The lowest BCUT2D eigenvalue weighted by atomic mass is 9.99. The van der Waals surface area contributed by atoms with Gasteiger partial charge in [0, 0.05) is 22.4 Å². The van der Waals surface area contributed by atoms with Crippen LogP contribution in [0.4, 0.5) is 5.00 Å². The summed E-state index contributed by atoms with van der Waals surface area (Å²) >= 11 is 1.24. The molecule has 0 unspecified atom stereocenters. The molecule has 10 heteroatoms. The van der Waals surface area contributed by atoms with Gasteiger partial charge in [-0.15, -0.1) is 11.3 Å². The number of aryl methyl sites for hydroxylation is 2. The van der Waals surface area contributed by atoms with Crippen molar-refractivity contribution in [2.45, 2.75) is 38.7 Å². The maximum Gasteiger partial charge on any atom is 0.341 e. The van der Waals surface area contributed by atoms with Gasteiger partial charge in [-0.2, -0.15) is 0 Å². The molecule has 2 atom stereocenters. The van der Waals surface area contributed by atoms with E-state index in [1.807, 2.05) is 0 Å². The number of nitrogens with one attached hydrogen (secondary N) is 1. The normalized spacial score (nSPS) is 15.5. The number of methoxy groups -OCH3 is 2. The van der Waals surface area contributed by atoms with Crippen molar-refractivity contribution in [2.24, 2.45) is 0 Å². The van der Waals surface area contributed by atoms with Crippen LogP contribution in [-0.2, 0) is 25.5 Å². The molecule has 0 fully saturated rings. The third-order valence-corrected chi connectivity index (χ3v) is 6.93. The number of esters is 2. The summed E-state index contributed by atoms with van der Waals surface area (Å²) < 4.78 is 20.8. The Bertz CT molecular complexity index is 1350. The molecule has 1 aliphatic rings. The first-order chi connectivity index (χ1) is 16.2. The van der Waals surface area contributed by atoms with E-state index in [0.29, 0.717) is 34.7 Å². The fourth-order valence-corrected chi connectivity index (χ4v) is 5.35. The van der Waals surface area contributed by atoms with Crippen LogP contribution in [-0.4, -0.2) is 38.2 Å². The van der Waals surface area contributed by atoms with E-state index in [0.717, 1.165) is 15.8 Å². The van der Waals surface area contributed by atoms with Crippen LogP contribution in [0.5, 0.6) is 5.75 Å². The van der Waals surface area contributed by atoms with Crippen LogP contribution in [0, 0.1) is 6.92 Å². The number of hydrogen-bond acceptors (Lipinski definition) is 9. The molecule has 0 saturated carbocycles. The summed E-state index contributed by atoms with van der Waals surface area (Å²) in [5, 5.41) is 3.80. The van der Waals surface area contributed by atoms with Crippen LogP contribution in [0.3, 0.4) is 0 Å². The first-order valence-electron chi connectivity index (χ1n) is 10.6. The number of benzene rings is 1. The quantitative estimate of drug-likeness (QED) is 0.416. The molecule has 0 spiro atoms. The summed E-state index contributed by atoms with van der Waals surface area (Å²) in [5.41, 5.74) is 1.37. The Balaban J connectivity index is 1.57. The number of thiophene rings is 1. The molecule has 0 radical (unpaired) electrons. The van der Waals surface area contributed by atoms with Gasteiger partial charge >= 0.3 is 17.6 Å². The van der Waals surface area contributed by atoms with Crippen molar-refractivity contribution < 1.29 is 33.0 Å². The van der Waals surface area contributed by atoms with Crippen molar-refractivity contribution in [3.05, 3.63) is 56.3 Å². The molecule has 34 heavy (non-hydrogen) atoms. The number of fused-ring (bicyclic) bond motifs is 2. The van der Waals surface area contributed by atoms with Crippen molar-refractivity contribution in [1.82, 2.24) is 0 Å². The second-order valence-corrected chi connectivity index (χ2v) is 9.01. The van der Waals surface area contributed by atoms with Gasteiger partial charge in [0.05, 0.1) is 25.7 Å². The van der Waals surface area contributed by atoms with Crippen LogP contribution in [0.2, 0.25) is 0 Å². The van der Waals surface area contributed by atoms with E-state index in [2.05, 4.69) is 5.32 Å². The molecule has 178 valence electrons. The molecule has 1 amide bonds. The van der Waals surface area contributed by atoms with Crippen LogP contribution in [0.1, 0.15) is 45.6 Å².